The van der Waals surface area contributed by atoms with E-state index in [9.17, 15) is 9.18 Å². The van der Waals surface area contributed by atoms with E-state index in [1.54, 1.807) is 21.3 Å². The molecule has 0 fully saturated rings. The van der Waals surface area contributed by atoms with Gasteiger partial charge in [0.1, 0.15) is 0 Å². The van der Waals surface area contributed by atoms with E-state index in [0.29, 0.717) is 19.3 Å². The van der Waals surface area contributed by atoms with E-state index >= 15 is 0 Å². The fraction of sp³-hybridized carbons (Fsp3) is 0.611. The standard InChI is InChI=1S/C18H32FNO4Si2/c1-22-26(23-2,24-3)14-13-25(4,5)17-10-8-9-16(15-17)20-18(21)11-6-7-12-19/h8-10,15H,6-7,11-14H2,1-5H3,(H,20,21). The van der Waals surface area contributed by atoms with E-state index in [1.807, 2.05) is 12.1 Å². The molecule has 0 aliphatic heterocycles. The Labute approximate surface area is 158 Å². The molecule has 1 aromatic rings. The Morgan fingerprint density at radius 2 is 1.73 bits per heavy atom. The van der Waals surface area contributed by atoms with Gasteiger partial charge in [-0.3, -0.25) is 9.18 Å². The summed E-state index contributed by atoms with van der Waals surface area (Å²) in [5.41, 5.74) is 0.794. The second kappa shape index (κ2) is 10.9. The van der Waals surface area contributed by atoms with Crippen molar-refractivity contribution in [1.82, 2.24) is 0 Å². The molecule has 0 bridgehead atoms. The lowest BCUT2D eigenvalue weighted by molar-refractivity contribution is -0.116. The van der Waals surface area contributed by atoms with Gasteiger partial charge in [-0.05, 0) is 31.0 Å². The number of amides is 1. The van der Waals surface area contributed by atoms with Gasteiger partial charge in [0.2, 0.25) is 5.91 Å². The van der Waals surface area contributed by atoms with Crippen LogP contribution in [0.2, 0.25) is 25.2 Å². The Kier molecular flexibility index (Phi) is 9.66. The van der Waals surface area contributed by atoms with Crippen molar-refractivity contribution in [2.75, 3.05) is 33.3 Å². The highest BCUT2D eigenvalue weighted by Crippen LogP contribution is 2.23. The lowest BCUT2D eigenvalue weighted by Gasteiger charge is -2.29. The number of nitrogens with one attached hydrogen (secondary N) is 1. The summed E-state index contributed by atoms with van der Waals surface area (Å²) in [6, 6.07) is 9.74. The molecular weight excluding hydrogens is 369 g/mol. The molecule has 0 radical (unpaired) electrons. The molecular formula is C18H32FNO4Si2. The van der Waals surface area contributed by atoms with Gasteiger partial charge in [0.15, 0.2) is 0 Å². The van der Waals surface area contributed by atoms with Crippen molar-refractivity contribution in [1.29, 1.82) is 0 Å². The molecule has 0 aliphatic carbocycles. The quantitative estimate of drug-likeness (QED) is 0.430. The first-order valence-electron chi connectivity index (χ1n) is 8.94. The molecule has 0 saturated heterocycles. The maximum Gasteiger partial charge on any atom is 0.499 e. The van der Waals surface area contributed by atoms with E-state index in [1.165, 1.54) is 5.19 Å². The van der Waals surface area contributed by atoms with Crippen molar-refractivity contribution in [3.8, 4) is 0 Å². The van der Waals surface area contributed by atoms with E-state index in [-0.39, 0.29) is 12.6 Å². The average Bonchev–Trinajstić information content (AvgIpc) is 2.64. The van der Waals surface area contributed by atoms with Crippen LogP contribution in [-0.2, 0) is 18.1 Å². The largest absolute Gasteiger partial charge is 0.499 e. The number of rotatable bonds is 12. The second-order valence-electron chi connectivity index (χ2n) is 6.95. The lowest BCUT2D eigenvalue weighted by atomic mass is 10.2. The minimum Gasteiger partial charge on any atom is -0.377 e. The Bertz CT molecular complexity index is 560. The molecule has 0 atom stereocenters. The summed E-state index contributed by atoms with van der Waals surface area (Å²) in [6.07, 6.45) is 1.34. The third kappa shape index (κ3) is 6.92. The van der Waals surface area contributed by atoms with Crippen molar-refractivity contribution in [2.45, 2.75) is 44.4 Å². The van der Waals surface area contributed by atoms with Crippen LogP contribution in [0.3, 0.4) is 0 Å². The third-order valence-electron chi connectivity index (χ3n) is 4.70. The molecule has 26 heavy (non-hydrogen) atoms. The number of unbranched alkanes of at least 4 members (excludes halogenated alkanes) is 1. The normalized spacial score (nSPS) is 12.2. The van der Waals surface area contributed by atoms with Crippen LogP contribution in [-0.4, -0.2) is 50.8 Å². The highest BCUT2D eigenvalue weighted by atomic mass is 28.4. The average molecular weight is 402 g/mol. The van der Waals surface area contributed by atoms with E-state index < -0.39 is 16.9 Å². The molecule has 1 rings (SSSR count). The van der Waals surface area contributed by atoms with E-state index in [0.717, 1.165) is 17.8 Å². The fourth-order valence-electron chi connectivity index (χ4n) is 2.79. The van der Waals surface area contributed by atoms with Crippen LogP contribution in [0.1, 0.15) is 19.3 Å². The van der Waals surface area contributed by atoms with Gasteiger partial charge in [-0.2, -0.15) is 0 Å². The van der Waals surface area contributed by atoms with Gasteiger partial charge >= 0.3 is 8.80 Å². The predicted molar refractivity (Wildman–Crippen MR) is 108 cm³/mol. The van der Waals surface area contributed by atoms with Crippen LogP contribution in [0.25, 0.3) is 0 Å². The maximum atomic E-state index is 12.1. The van der Waals surface area contributed by atoms with Gasteiger partial charge in [0, 0.05) is 39.5 Å². The van der Waals surface area contributed by atoms with Crippen LogP contribution in [0.15, 0.2) is 24.3 Å². The maximum absolute atomic E-state index is 12.1. The predicted octanol–water partition coefficient (Wildman–Crippen LogP) is 3.56. The summed E-state index contributed by atoms with van der Waals surface area (Å²) < 4.78 is 28.7. The fourth-order valence-corrected chi connectivity index (χ4v) is 9.01. The van der Waals surface area contributed by atoms with E-state index in [4.69, 9.17) is 13.3 Å². The lowest BCUT2D eigenvalue weighted by Crippen LogP contribution is -2.48. The third-order valence-corrected chi connectivity index (χ3v) is 11.3. The first-order chi connectivity index (χ1) is 12.3. The molecule has 0 spiro atoms. The number of carbonyl (C=O) groups excluding carboxylic acids is 1. The summed E-state index contributed by atoms with van der Waals surface area (Å²) in [4.78, 5) is 12.0. The highest BCUT2D eigenvalue weighted by molar-refractivity contribution is 6.90. The number of halogens is 1. The number of hydrogen-bond donors (Lipinski definition) is 1. The number of carbonyl (C=O) groups is 1. The molecule has 0 saturated carbocycles. The van der Waals surface area contributed by atoms with Gasteiger partial charge in [0.05, 0.1) is 14.7 Å². The summed E-state index contributed by atoms with van der Waals surface area (Å²) in [5.74, 6) is -0.0698. The minimum atomic E-state index is -2.58. The van der Waals surface area contributed by atoms with Gasteiger partial charge in [0.25, 0.3) is 0 Å². The molecule has 0 unspecified atom stereocenters. The zero-order valence-electron chi connectivity index (χ0n) is 16.6. The Morgan fingerprint density at radius 3 is 2.31 bits per heavy atom. The highest BCUT2D eigenvalue weighted by Gasteiger charge is 2.40. The van der Waals surface area contributed by atoms with Crippen LogP contribution in [0.4, 0.5) is 10.1 Å². The monoisotopic (exact) mass is 401 g/mol. The summed E-state index contributed by atoms with van der Waals surface area (Å²) in [6.45, 7) is 4.20. The van der Waals surface area contributed by atoms with Crippen molar-refractivity contribution in [3.63, 3.8) is 0 Å². The summed E-state index contributed by atoms with van der Waals surface area (Å²) in [7, 11) is 0.553. The van der Waals surface area contributed by atoms with Crippen LogP contribution >= 0.6 is 0 Å². The van der Waals surface area contributed by atoms with Gasteiger partial charge in [-0.15, -0.1) is 0 Å². The molecule has 1 amide bonds. The van der Waals surface area contributed by atoms with Crippen LogP contribution in [0.5, 0.6) is 0 Å². The Hall–Kier alpha value is -1.07. The molecule has 0 heterocycles. The Morgan fingerprint density at radius 1 is 1.08 bits per heavy atom. The number of benzene rings is 1. The summed E-state index contributed by atoms with van der Waals surface area (Å²) in [5, 5.41) is 4.17. The first-order valence-corrected chi connectivity index (χ1v) is 14.1. The molecule has 1 N–H and O–H groups in total. The molecule has 148 valence electrons. The Balaban J connectivity index is 2.76. The minimum absolute atomic E-state index is 0.0698. The molecule has 1 aromatic carbocycles. The molecule has 0 aliphatic rings. The van der Waals surface area contributed by atoms with E-state index in [2.05, 4.69) is 30.5 Å². The summed E-state index contributed by atoms with van der Waals surface area (Å²) >= 11 is 0. The SMILES string of the molecule is CO[Si](CC[Si](C)(C)c1cccc(NC(=O)CCCCF)c1)(OC)OC. The number of anilines is 1. The van der Waals surface area contributed by atoms with Gasteiger partial charge in [-0.1, -0.05) is 30.4 Å². The molecule has 8 heteroatoms. The zero-order valence-corrected chi connectivity index (χ0v) is 18.6. The zero-order chi connectivity index (χ0) is 19.6. The molecule has 5 nitrogen and oxygen atoms in total. The smallest absolute Gasteiger partial charge is 0.377 e. The van der Waals surface area contributed by atoms with Crippen molar-refractivity contribution in [2.24, 2.45) is 0 Å². The number of hydrogen-bond acceptors (Lipinski definition) is 4. The van der Waals surface area contributed by atoms with Crippen LogP contribution in [0, 0.1) is 0 Å². The van der Waals surface area contributed by atoms with Gasteiger partial charge in [-0.25, -0.2) is 0 Å². The first kappa shape index (κ1) is 23.0. The van der Waals surface area contributed by atoms with Gasteiger partial charge < -0.3 is 18.6 Å². The second-order valence-corrected chi connectivity index (χ2v) is 14.9. The molecule has 0 aromatic heterocycles. The van der Waals surface area contributed by atoms with Crippen molar-refractivity contribution >= 4 is 33.7 Å². The van der Waals surface area contributed by atoms with Crippen LogP contribution < -0.4 is 10.5 Å². The number of alkyl halides is 1. The van der Waals surface area contributed by atoms with Crippen molar-refractivity contribution < 1.29 is 22.5 Å². The topological polar surface area (TPSA) is 56.8 Å². The van der Waals surface area contributed by atoms with Crippen molar-refractivity contribution in [3.05, 3.63) is 24.3 Å².